The third kappa shape index (κ3) is 17.0. The molecule has 672 valence electrons. The van der Waals surface area contributed by atoms with E-state index in [2.05, 4.69) is 64.6 Å². The van der Waals surface area contributed by atoms with Gasteiger partial charge in [-0.3, -0.25) is 29.3 Å². The van der Waals surface area contributed by atoms with Crippen LogP contribution >= 0.6 is 46.4 Å². The zero-order chi connectivity index (χ0) is 94.0. The van der Waals surface area contributed by atoms with E-state index in [1.165, 1.54) is 32.3 Å². The summed E-state index contributed by atoms with van der Waals surface area (Å²) in [5.74, 6) is -17.9. The van der Waals surface area contributed by atoms with E-state index in [0.29, 0.717) is 71.3 Å². The molecule has 0 saturated carbocycles. The molecule has 9 aromatic heterocycles. The fraction of sp³-hybridized carbons (Fsp3) is 0.276. The Morgan fingerprint density at radius 2 is 0.674 bits per heavy atom. The Kier molecular flexibility index (Phi) is 27.0. The topological polar surface area (TPSA) is 331 Å². The summed E-state index contributed by atoms with van der Waals surface area (Å²) in [6.45, 7) is 30.3. The SMILES string of the molecule is C=CC(=O)N1CCN(c2nc(=O)n(-c3c(C)ccnc3C(C)C)c3nc(-c4c(Cl)c(N)c(F)c(F)c4Cl)c(F)cc23)CC1.C=CC(=O)N1CCN(c2nc(=O)n(-c3c(C)ccnc3C(C)C)c3nc(-c4c(F)c(N)c(F)c(F)c4F)c(F)cc23)CC1.C=CC(=O)N1CCN(c2nc(=O)n(-c3c(C)ccnc3C(C)C)c3nc(-c4c(N)c(Cl)c(F)c(Cl)c4F)c(F)cc23)CC1. The second-order valence-corrected chi connectivity index (χ2v) is 32.5. The highest BCUT2D eigenvalue weighted by Gasteiger charge is 2.37. The average Bonchev–Trinajstić information content (AvgIpc) is 0.738. The zero-order valence-electron chi connectivity index (χ0n) is 70.2. The summed E-state index contributed by atoms with van der Waals surface area (Å²) >= 11 is 24.2. The first-order valence-electron chi connectivity index (χ1n) is 39.7. The molecule has 12 aromatic rings. The molecule has 0 spiro atoms. The lowest BCUT2D eigenvalue weighted by atomic mass is 10.0. The maximum Gasteiger partial charge on any atom is 0.355 e. The largest absolute Gasteiger partial charge is 0.397 e. The molecule has 27 nitrogen and oxygen atoms in total. The van der Waals surface area contributed by atoms with Crippen molar-refractivity contribution in [3.05, 3.63) is 242 Å². The number of carbonyl (C=O) groups is 3. The quantitative estimate of drug-likeness (QED) is 0.0282. The summed E-state index contributed by atoms with van der Waals surface area (Å²) in [6, 6.07) is 8.05. The molecule has 0 radical (unpaired) electrons. The van der Waals surface area contributed by atoms with Gasteiger partial charge in [-0.2, -0.15) is 15.0 Å². The van der Waals surface area contributed by atoms with E-state index < -0.39 is 152 Å². The first-order chi connectivity index (χ1) is 61.1. The summed E-state index contributed by atoms with van der Waals surface area (Å²) in [7, 11) is 0. The lowest BCUT2D eigenvalue weighted by Gasteiger charge is -2.35. The second kappa shape index (κ2) is 37.2. The number of rotatable bonds is 15. The van der Waals surface area contributed by atoms with E-state index in [1.54, 1.807) is 82.1 Å². The standard InChI is InChI=1S/2C29H26Cl2F3N7O2.C29H26F5N7O2/c1-5-17(42)39-8-10-40(11-9-39)27-15-12-16(32)25(18-21(33)19(30)22(34)20(31)23(18)35)37-28(15)41(29(43)38-27)26-14(4)6-7-36-24(26)13(2)3;1-5-17(42)39-8-10-40(11-9-39)27-15-12-16(32)25(18-19(30)21(33)22(34)23(35)20(18)31)37-28(15)41(29(43)38-27)26-14(4)6-7-36-24(26)13(2)3;1-5-17(42)39-8-10-40(11-9-39)27-15-12-16(30)25(18-19(31)21(33)22(34)23(35)20(18)32)37-28(15)41(29(43)38-27)26-14(4)6-7-36-24(26)13(2)3/h3*5-7,12-13H,1,8-11,35H2,2-4H3. The number of hydrogen-bond donors (Lipinski definition) is 3. The number of fused-ring (bicyclic) bond motifs is 3. The number of nitrogens with zero attached hydrogens (tertiary/aromatic N) is 18. The van der Waals surface area contributed by atoms with Crippen molar-refractivity contribution in [3.8, 4) is 50.8 Å². The Balaban J connectivity index is 0.000000165. The number of pyridine rings is 6. The fourth-order valence-corrected chi connectivity index (χ4v) is 16.4. The van der Waals surface area contributed by atoms with E-state index in [4.69, 9.17) is 63.6 Å². The molecule has 3 fully saturated rings. The molecule has 0 unspecified atom stereocenters. The molecule has 3 saturated heterocycles. The molecular weight excluding hydrogens is 1790 g/mol. The van der Waals surface area contributed by atoms with Crippen LogP contribution in [0, 0.1) is 84.8 Å². The van der Waals surface area contributed by atoms with Gasteiger partial charge in [-0.05, 0) is 110 Å². The van der Waals surface area contributed by atoms with Crippen molar-refractivity contribution in [2.24, 2.45) is 0 Å². The predicted molar refractivity (Wildman–Crippen MR) is 471 cm³/mol. The number of amides is 3. The minimum Gasteiger partial charge on any atom is -0.397 e. The third-order valence-corrected chi connectivity index (χ3v) is 23.4. The van der Waals surface area contributed by atoms with Crippen LogP contribution < -0.4 is 49.0 Å². The minimum absolute atomic E-state index is 0.0123. The van der Waals surface area contributed by atoms with Crippen molar-refractivity contribution < 1.29 is 62.7 Å². The molecule has 0 bridgehead atoms. The van der Waals surface area contributed by atoms with Crippen molar-refractivity contribution >= 4 is 132 Å². The van der Waals surface area contributed by atoms with Crippen LogP contribution in [0.4, 0.5) is 82.8 Å². The molecule has 15 rings (SSSR count). The van der Waals surface area contributed by atoms with Crippen LogP contribution in [0.1, 0.15) is 93.1 Å². The van der Waals surface area contributed by atoms with Crippen LogP contribution in [0.2, 0.25) is 20.1 Å². The Morgan fingerprint density at radius 1 is 0.364 bits per heavy atom. The number of aryl methyl sites for hydroxylation is 3. The first kappa shape index (κ1) is 93.4. The van der Waals surface area contributed by atoms with Crippen molar-refractivity contribution in [2.45, 2.75) is 80.1 Å². The Morgan fingerprint density at radius 3 is 0.992 bits per heavy atom. The molecule has 0 atom stereocenters. The monoisotopic (exact) mass is 1860 g/mol. The number of nitrogen functional groups attached to an aromatic ring is 3. The normalized spacial score (nSPS) is 13.7. The van der Waals surface area contributed by atoms with E-state index in [0.717, 1.165) is 22.8 Å². The van der Waals surface area contributed by atoms with Crippen LogP contribution in [0.15, 0.2) is 107 Å². The predicted octanol–water partition coefficient (Wildman–Crippen LogP) is 15.2. The minimum atomic E-state index is -2.11. The van der Waals surface area contributed by atoms with Crippen molar-refractivity contribution in [3.63, 3.8) is 0 Å². The summed E-state index contributed by atoms with van der Waals surface area (Å²) in [6.07, 6.45) is 8.36. The van der Waals surface area contributed by atoms with Gasteiger partial charge in [0.2, 0.25) is 17.7 Å². The second-order valence-electron chi connectivity index (χ2n) is 31.0. The molecular formula is C87H78Cl4F11N21O6. The molecule has 3 aromatic carbocycles. The fourth-order valence-electron chi connectivity index (χ4n) is 15.4. The molecule has 3 aliphatic heterocycles. The maximum atomic E-state index is 16.0. The Labute approximate surface area is 747 Å². The highest BCUT2D eigenvalue weighted by atomic mass is 35.5. The molecule has 3 amide bonds. The molecule has 42 heteroatoms. The summed E-state index contributed by atoms with van der Waals surface area (Å²) in [5.41, 5.74) is 11.2. The zero-order valence-corrected chi connectivity index (χ0v) is 73.2. The maximum absolute atomic E-state index is 16.0. The highest BCUT2D eigenvalue weighted by Crippen LogP contribution is 2.47. The number of hydrogen-bond acceptors (Lipinski definition) is 21. The van der Waals surface area contributed by atoms with Crippen LogP contribution in [-0.2, 0) is 14.4 Å². The van der Waals surface area contributed by atoms with Crippen LogP contribution in [0.5, 0.6) is 0 Å². The first-order valence-corrected chi connectivity index (χ1v) is 41.2. The van der Waals surface area contributed by atoms with Crippen molar-refractivity contribution in [1.29, 1.82) is 0 Å². The van der Waals surface area contributed by atoms with Crippen molar-refractivity contribution in [1.82, 2.24) is 73.3 Å². The lowest BCUT2D eigenvalue weighted by Crippen LogP contribution is -2.49. The van der Waals surface area contributed by atoms with Gasteiger partial charge in [0.25, 0.3) is 0 Å². The van der Waals surface area contributed by atoms with E-state index in [9.17, 15) is 55.1 Å². The molecule has 129 heavy (non-hydrogen) atoms. The number of benzene rings is 3. The number of piperazine rings is 3. The van der Waals surface area contributed by atoms with Gasteiger partial charge >= 0.3 is 17.1 Å². The molecule has 3 aliphatic rings. The number of aromatic nitrogens is 12. The van der Waals surface area contributed by atoms with E-state index in [1.807, 2.05) is 41.5 Å². The Bertz CT molecular complexity index is 6170. The summed E-state index contributed by atoms with van der Waals surface area (Å²) in [5, 5.41) is -2.80. The summed E-state index contributed by atoms with van der Waals surface area (Å²) in [4.78, 5) is 127. The van der Waals surface area contributed by atoms with Crippen LogP contribution in [0.25, 0.3) is 83.9 Å². The van der Waals surface area contributed by atoms with Gasteiger partial charge in [0.15, 0.2) is 75.1 Å². The lowest BCUT2D eigenvalue weighted by molar-refractivity contribution is -0.127. The Hall–Kier alpha value is -13.2. The molecule has 0 aliphatic carbocycles. The van der Waals surface area contributed by atoms with Gasteiger partial charge in [-0.15, -0.1) is 0 Å². The van der Waals surface area contributed by atoms with Crippen LogP contribution in [0.3, 0.4) is 0 Å². The molecule has 6 N–H and O–H groups in total. The van der Waals surface area contributed by atoms with Gasteiger partial charge in [0.05, 0.1) is 82.8 Å². The number of halogens is 15. The highest BCUT2D eigenvalue weighted by molar-refractivity contribution is 6.41. The van der Waals surface area contributed by atoms with Crippen molar-refractivity contribution in [2.75, 3.05) is 110 Å². The van der Waals surface area contributed by atoms with E-state index in [-0.39, 0.29) is 144 Å². The van der Waals surface area contributed by atoms with Gasteiger partial charge in [0, 0.05) is 103 Å². The number of carbonyl (C=O) groups excluding carboxylic acids is 3. The van der Waals surface area contributed by atoms with E-state index >= 15 is 22.0 Å². The number of nitrogens with two attached hydrogens (primary N) is 3. The number of anilines is 6. The van der Waals surface area contributed by atoms with Gasteiger partial charge in [-0.25, -0.2) is 91.3 Å². The smallest absolute Gasteiger partial charge is 0.355 e. The average molecular weight is 1860 g/mol. The van der Waals surface area contributed by atoms with Gasteiger partial charge in [0.1, 0.15) is 56.1 Å². The van der Waals surface area contributed by atoms with Gasteiger partial charge in [-0.1, -0.05) is 108 Å². The molecule has 12 heterocycles. The summed E-state index contributed by atoms with van der Waals surface area (Å²) < 4.78 is 168. The van der Waals surface area contributed by atoms with Crippen LogP contribution in [-0.4, -0.2) is 170 Å². The van der Waals surface area contributed by atoms with Gasteiger partial charge < -0.3 is 46.6 Å². The third-order valence-electron chi connectivity index (χ3n) is 22.0.